The monoisotopic (exact) mass is 248 g/mol. The van der Waals surface area contributed by atoms with Crippen molar-refractivity contribution in [3.63, 3.8) is 0 Å². The Labute approximate surface area is 107 Å². The highest BCUT2D eigenvalue weighted by Gasteiger charge is 2.41. The molecule has 0 aliphatic heterocycles. The fourth-order valence-electron chi connectivity index (χ4n) is 2.10. The number of hydrogen-bond donors (Lipinski definition) is 3. The summed E-state index contributed by atoms with van der Waals surface area (Å²) >= 11 is 0. The van der Waals surface area contributed by atoms with Gasteiger partial charge in [0.1, 0.15) is 0 Å². The molecular weight excluding hydrogens is 228 g/mol. The smallest absolute Gasteiger partial charge is 0.224 e. The molecule has 0 saturated heterocycles. The summed E-state index contributed by atoms with van der Waals surface area (Å²) in [7, 11) is 0. The number of anilines is 1. The highest BCUT2D eigenvalue weighted by atomic mass is 16.3. The van der Waals surface area contributed by atoms with Crippen molar-refractivity contribution in [1.29, 1.82) is 0 Å². The molecule has 18 heavy (non-hydrogen) atoms. The SMILES string of the molecule is Nc1ccc(CC(=O)NCC2(CCO)CC2)cc1. The van der Waals surface area contributed by atoms with Gasteiger partial charge in [0.05, 0.1) is 6.42 Å². The standard InChI is InChI=1S/C14H20N2O2/c15-12-3-1-11(2-4-12)9-13(18)16-10-14(5-6-14)7-8-17/h1-4,17H,5-10,15H2,(H,16,18). The zero-order valence-corrected chi connectivity index (χ0v) is 10.5. The average molecular weight is 248 g/mol. The number of nitrogens with two attached hydrogens (primary N) is 1. The Hall–Kier alpha value is -1.55. The molecule has 0 aromatic heterocycles. The van der Waals surface area contributed by atoms with Gasteiger partial charge >= 0.3 is 0 Å². The van der Waals surface area contributed by atoms with Crippen LogP contribution in [0.25, 0.3) is 0 Å². The van der Waals surface area contributed by atoms with Crippen LogP contribution in [0, 0.1) is 5.41 Å². The van der Waals surface area contributed by atoms with E-state index < -0.39 is 0 Å². The number of carbonyl (C=O) groups is 1. The van der Waals surface area contributed by atoms with Gasteiger partial charge in [-0.2, -0.15) is 0 Å². The summed E-state index contributed by atoms with van der Waals surface area (Å²) in [6.45, 7) is 0.884. The molecule has 4 nitrogen and oxygen atoms in total. The van der Waals surface area contributed by atoms with Crippen molar-refractivity contribution < 1.29 is 9.90 Å². The summed E-state index contributed by atoms with van der Waals surface area (Å²) < 4.78 is 0. The molecule has 0 unspecified atom stereocenters. The summed E-state index contributed by atoms with van der Waals surface area (Å²) in [4.78, 5) is 11.8. The second-order valence-corrected chi connectivity index (χ2v) is 5.17. The van der Waals surface area contributed by atoms with Gasteiger partial charge in [0.15, 0.2) is 0 Å². The maximum absolute atomic E-state index is 11.8. The third-order valence-corrected chi connectivity index (χ3v) is 3.60. The van der Waals surface area contributed by atoms with Crippen molar-refractivity contribution in [2.75, 3.05) is 18.9 Å². The van der Waals surface area contributed by atoms with Crippen LogP contribution in [0.5, 0.6) is 0 Å². The molecule has 1 aromatic rings. The van der Waals surface area contributed by atoms with Crippen LogP contribution in [0.3, 0.4) is 0 Å². The van der Waals surface area contributed by atoms with Crippen LogP contribution in [-0.4, -0.2) is 24.2 Å². The minimum atomic E-state index is 0.0315. The number of nitrogens with one attached hydrogen (secondary N) is 1. The van der Waals surface area contributed by atoms with E-state index in [1.54, 1.807) is 12.1 Å². The number of carbonyl (C=O) groups excluding carboxylic acids is 1. The fraction of sp³-hybridized carbons (Fsp3) is 0.500. The lowest BCUT2D eigenvalue weighted by Crippen LogP contribution is -2.31. The Morgan fingerprint density at radius 2 is 2.00 bits per heavy atom. The van der Waals surface area contributed by atoms with Crippen LogP contribution in [-0.2, 0) is 11.2 Å². The van der Waals surface area contributed by atoms with Crippen molar-refractivity contribution in [3.8, 4) is 0 Å². The van der Waals surface area contributed by atoms with E-state index in [4.69, 9.17) is 10.8 Å². The normalized spacial score (nSPS) is 16.3. The molecule has 2 rings (SSSR count). The molecule has 4 heteroatoms. The molecule has 0 atom stereocenters. The highest BCUT2D eigenvalue weighted by molar-refractivity contribution is 5.78. The van der Waals surface area contributed by atoms with E-state index in [0.29, 0.717) is 18.7 Å². The average Bonchev–Trinajstić information content (AvgIpc) is 3.11. The van der Waals surface area contributed by atoms with E-state index in [1.165, 1.54) is 0 Å². The Bertz CT molecular complexity index is 410. The maximum Gasteiger partial charge on any atom is 0.224 e. The van der Waals surface area contributed by atoms with Crippen LogP contribution < -0.4 is 11.1 Å². The molecule has 1 aliphatic carbocycles. The summed E-state index contributed by atoms with van der Waals surface area (Å²) in [5.41, 5.74) is 7.44. The van der Waals surface area contributed by atoms with E-state index in [1.807, 2.05) is 12.1 Å². The number of hydrogen-bond acceptors (Lipinski definition) is 3. The fourth-order valence-corrected chi connectivity index (χ4v) is 2.10. The van der Waals surface area contributed by atoms with Gasteiger partial charge < -0.3 is 16.2 Å². The highest BCUT2D eigenvalue weighted by Crippen LogP contribution is 2.47. The lowest BCUT2D eigenvalue weighted by molar-refractivity contribution is -0.120. The summed E-state index contributed by atoms with van der Waals surface area (Å²) in [5, 5.41) is 11.9. The first-order valence-electron chi connectivity index (χ1n) is 6.36. The molecule has 98 valence electrons. The van der Waals surface area contributed by atoms with Crippen molar-refractivity contribution in [2.24, 2.45) is 5.41 Å². The molecule has 0 radical (unpaired) electrons. The van der Waals surface area contributed by atoms with Crippen molar-refractivity contribution >= 4 is 11.6 Å². The second-order valence-electron chi connectivity index (χ2n) is 5.17. The first-order valence-corrected chi connectivity index (χ1v) is 6.36. The van der Waals surface area contributed by atoms with Crippen molar-refractivity contribution in [3.05, 3.63) is 29.8 Å². The van der Waals surface area contributed by atoms with Gasteiger partial charge in [0.2, 0.25) is 5.91 Å². The van der Waals surface area contributed by atoms with Gasteiger partial charge in [-0.1, -0.05) is 12.1 Å². The number of amides is 1. The zero-order chi connectivity index (χ0) is 13.0. The van der Waals surface area contributed by atoms with Gasteiger partial charge in [0, 0.05) is 18.8 Å². The number of aliphatic hydroxyl groups excluding tert-OH is 1. The maximum atomic E-state index is 11.8. The Morgan fingerprint density at radius 3 is 2.56 bits per heavy atom. The van der Waals surface area contributed by atoms with E-state index in [0.717, 1.165) is 24.8 Å². The topological polar surface area (TPSA) is 75.4 Å². The van der Waals surface area contributed by atoms with Crippen LogP contribution in [0.4, 0.5) is 5.69 Å². The van der Waals surface area contributed by atoms with E-state index >= 15 is 0 Å². The molecule has 1 saturated carbocycles. The summed E-state index contributed by atoms with van der Waals surface area (Å²) in [5.74, 6) is 0.0315. The molecule has 4 N–H and O–H groups in total. The van der Waals surface area contributed by atoms with E-state index in [2.05, 4.69) is 5.32 Å². The Morgan fingerprint density at radius 1 is 1.33 bits per heavy atom. The summed E-state index contributed by atoms with van der Waals surface area (Å²) in [6, 6.07) is 7.35. The third kappa shape index (κ3) is 3.47. The van der Waals surface area contributed by atoms with E-state index in [9.17, 15) is 4.79 Å². The number of benzene rings is 1. The van der Waals surface area contributed by atoms with Gasteiger partial charge in [-0.3, -0.25) is 4.79 Å². The lowest BCUT2D eigenvalue weighted by Gasteiger charge is -2.14. The predicted octanol–water partition coefficient (Wildman–Crippen LogP) is 1.09. The Balaban J connectivity index is 1.77. The van der Waals surface area contributed by atoms with Crippen LogP contribution in [0.1, 0.15) is 24.8 Å². The quantitative estimate of drug-likeness (QED) is 0.660. The first kappa shape index (κ1) is 12.9. The van der Waals surface area contributed by atoms with Gasteiger partial charge in [-0.05, 0) is 42.4 Å². The number of rotatable bonds is 6. The van der Waals surface area contributed by atoms with Crippen LogP contribution >= 0.6 is 0 Å². The largest absolute Gasteiger partial charge is 0.399 e. The first-order chi connectivity index (χ1) is 8.63. The molecular formula is C14H20N2O2. The number of aliphatic hydroxyl groups is 1. The minimum absolute atomic E-state index is 0.0315. The predicted molar refractivity (Wildman–Crippen MR) is 70.9 cm³/mol. The van der Waals surface area contributed by atoms with Gasteiger partial charge in [0.25, 0.3) is 0 Å². The van der Waals surface area contributed by atoms with Crippen LogP contribution in [0.15, 0.2) is 24.3 Å². The molecule has 0 heterocycles. The van der Waals surface area contributed by atoms with Crippen molar-refractivity contribution in [1.82, 2.24) is 5.32 Å². The molecule has 0 bridgehead atoms. The van der Waals surface area contributed by atoms with Crippen LogP contribution in [0.2, 0.25) is 0 Å². The molecule has 1 aromatic carbocycles. The van der Waals surface area contributed by atoms with Gasteiger partial charge in [-0.25, -0.2) is 0 Å². The zero-order valence-electron chi connectivity index (χ0n) is 10.5. The van der Waals surface area contributed by atoms with Gasteiger partial charge in [-0.15, -0.1) is 0 Å². The molecule has 1 aliphatic rings. The van der Waals surface area contributed by atoms with E-state index in [-0.39, 0.29) is 17.9 Å². The molecule has 1 fully saturated rings. The molecule has 0 spiro atoms. The van der Waals surface area contributed by atoms with Crippen molar-refractivity contribution in [2.45, 2.75) is 25.7 Å². The molecule has 1 amide bonds. The summed E-state index contributed by atoms with van der Waals surface area (Å²) in [6.07, 6.45) is 3.38. The lowest BCUT2D eigenvalue weighted by atomic mass is 10.0. The number of nitrogen functional groups attached to an aromatic ring is 1. The minimum Gasteiger partial charge on any atom is -0.399 e. The second kappa shape index (κ2) is 5.40. The third-order valence-electron chi connectivity index (χ3n) is 3.60. The Kier molecular flexibility index (Phi) is 3.87.